The molecule has 0 spiro atoms. The van der Waals surface area contributed by atoms with Crippen LogP contribution in [0.15, 0.2) is 23.4 Å². The lowest BCUT2D eigenvalue weighted by Crippen LogP contribution is -2.30. The third kappa shape index (κ3) is 3.70. The summed E-state index contributed by atoms with van der Waals surface area (Å²) < 4.78 is 0. The Morgan fingerprint density at radius 3 is 2.74 bits per heavy atom. The Morgan fingerprint density at radius 2 is 2.11 bits per heavy atom. The summed E-state index contributed by atoms with van der Waals surface area (Å²) in [5.74, 6) is 0.162. The van der Waals surface area contributed by atoms with Gasteiger partial charge in [0.25, 0.3) is 0 Å². The third-order valence-electron chi connectivity index (χ3n) is 3.93. The van der Waals surface area contributed by atoms with Gasteiger partial charge in [-0.2, -0.15) is 0 Å². The minimum Gasteiger partial charge on any atom is -0.409 e. The highest BCUT2D eigenvalue weighted by Crippen LogP contribution is 2.18. The topological polar surface area (TPSA) is 70.6 Å². The van der Waals surface area contributed by atoms with E-state index in [1.807, 2.05) is 12.1 Å². The van der Waals surface area contributed by atoms with Gasteiger partial charge in [0.1, 0.15) is 0 Å². The Bertz CT molecular complexity index is 451. The number of amidine groups is 1. The maximum atomic E-state index is 8.67. The second-order valence-electron chi connectivity index (χ2n) is 5.34. The van der Waals surface area contributed by atoms with Crippen LogP contribution in [0.1, 0.15) is 48.8 Å². The summed E-state index contributed by atoms with van der Waals surface area (Å²) in [4.78, 5) is 0. The van der Waals surface area contributed by atoms with Gasteiger partial charge in [0.15, 0.2) is 5.84 Å². The molecule has 4 heteroatoms. The standard InChI is InChI=1S/C15H23N3O/c1-11-9-12(15(16)18-19)7-8-13(11)10-17-14-5-3-2-4-6-14/h7-9,14,17,19H,2-6,10H2,1H3,(H2,16,18). The van der Waals surface area contributed by atoms with Crippen LogP contribution >= 0.6 is 0 Å². The molecule has 2 rings (SSSR count). The number of benzene rings is 1. The largest absolute Gasteiger partial charge is 0.409 e. The summed E-state index contributed by atoms with van der Waals surface area (Å²) in [5, 5.41) is 15.3. The molecule has 0 aromatic heterocycles. The molecule has 1 aromatic rings. The summed E-state index contributed by atoms with van der Waals surface area (Å²) in [5.41, 5.74) is 8.81. The van der Waals surface area contributed by atoms with Crippen molar-refractivity contribution in [2.45, 2.75) is 51.6 Å². The normalized spacial score (nSPS) is 17.6. The highest BCUT2D eigenvalue weighted by Gasteiger charge is 2.13. The summed E-state index contributed by atoms with van der Waals surface area (Å²) in [7, 11) is 0. The Balaban J connectivity index is 1.97. The van der Waals surface area contributed by atoms with Gasteiger partial charge >= 0.3 is 0 Å². The van der Waals surface area contributed by atoms with Gasteiger partial charge in [-0.25, -0.2) is 0 Å². The summed E-state index contributed by atoms with van der Waals surface area (Å²) in [6.45, 7) is 2.96. The van der Waals surface area contributed by atoms with Crippen LogP contribution in [0.25, 0.3) is 0 Å². The van der Waals surface area contributed by atoms with E-state index in [2.05, 4.69) is 23.5 Å². The average molecular weight is 261 g/mol. The van der Waals surface area contributed by atoms with Crippen LogP contribution in [-0.2, 0) is 6.54 Å². The molecule has 1 fully saturated rings. The predicted molar refractivity (Wildman–Crippen MR) is 77.4 cm³/mol. The minimum atomic E-state index is 0.162. The third-order valence-corrected chi connectivity index (χ3v) is 3.93. The molecule has 104 valence electrons. The zero-order valence-electron chi connectivity index (χ0n) is 11.5. The molecule has 19 heavy (non-hydrogen) atoms. The van der Waals surface area contributed by atoms with Gasteiger partial charge < -0.3 is 16.3 Å². The maximum absolute atomic E-state index is 8.67. The van der Waals surface area contributed by atoms with Crippen molar-refractivity contribution in [2.24, 2.45) is 10.9 Å². The molecule has 1 aromatic carbocycles. The van der Waals surface area contributed by atoms with E-state index in [0.29, 0.717) is 6.04 Å². The summed E-state index contributed by atoms with van der Waals surface area (Å²) in [6, 6.07) is 6.59. The number of rotatable bonds is 4. The van der Waals surface area contributed by atoms with Crippen molar-refractivity contribution in [1.82, 2.24) is 5.32 Å². The second kappa shape index (κ2) is 6.57. The quantitative estimate of drug-likeness (QED) is 0.337. The van der Waals surface area contributed by atoms with E-state index >= 15 is 0 Å². The highest BCUT2D eigenvalue weighted by atomic mass is 16.4. The lowest BCUT2D eigenvalue weighted by molar-refractivity contribution is 0.318. The molecule has 0 amide bonds. The van der Waals surface area contributed by atoms with E-state index in [9.17, 15) is 0 Å². The van der Waals surface area contributed by atoms with E-state index in [4.69, 9.17) is 10.9 Å². The van der Waals surface area contributed by atoms with Crippen LogP contribution in [-0.4, -0.2) is 17.1 Å². The van der Waals surface area contributed by atoms with Gasteiger partial charge in [0, 0.05) is 18.2 Å². The molecule has 1 aliphatic carbocycles. The zero-order valence-corrected chi connectivity index (χ0v) is 11.5. The smallest absolute Gasteiger partial charge is 0.170 e. The molecule has 0 radical (unpaired) electrons. The first-order valence-corrected chi connectivity index (χ1v) is 7.01. The Kier molecular flexibility index (Phi) is 4.80. The first-order chi connectivity index (χ1) is 9.20. The van der Waals surface area contributed by atoms with E-state index < -0.39 is 0 Å². The molecule has 0 unspecified atom stereocenters. The van der Waals surface area contributed by atoms with Gasteiger partial charge in [-0.1, -0.05) is 36.6 Å². The number of hydrogen-bond donors (Lipinski definition) is 3. The molecule has 0 aliphatic heterocycles. The number of hydrogen-bond acceptors (Lipinski definition) is 3. The second-order valence-corrected chi connectivity index (χ2v) is 5.34. The molecule has 0 bridgehead atoms. The number of nitrogens with one attached hydrogen (secondary N) is 1. The number of aryl methyl sites for hydroxylation is 1. The molecule has 4 nitrogen and oxygen atoms in total. The molecule has 0 saturated heterocycles. The van der Waals surface area contributed by atoms with E-state index in [0.717, 1.165) is 12.1 Å². The first-order valence-electron chi connectivity index (χ1n) is 7.01. The lowest BCUT2D eigenvalue weighted by atomic mass is 9.95. The van der Waals surface area contributed by atoms with Crippen molar-refractivity contribution in [3.05, 3.63) is 34.9 Å². The van der Waals surface area contributed by atoms with E-state index in [1.54, 1.807) is 0 Å². The van der Waals surface area contributed by atoms with E-state index in [1.165, 1.54) is 43.2 Å². The Morgan fingerprint density at radius 1 is 1.37 bits per heavy atom. The molecule has 0 atom stereocenters. The Hall–Kier alpha value is -1.55. The van der Waals surface area contributed by atoms with Gasteiger partial charge in [0.05, 0.1) is 0 Å². The molecular formula is C15H23N3O. The number of nitrogens with zero attached hydrogens (tertiary/aromatic N) is 1. The highest BCUT2D eigenvalue weighted by molar-refractivity contribution is 5.97. The number of oxime groups is 1. The first kappa shape index (κ1) is 13.9. The van der Waals surface area contributed by atoms with Gasteiger partial charge in [-0.3, -0.25) is 0 Å². The molecule has 1 saturated carbocycles. The van der Waals surface area contributed by atoms with Gasteiger partial charge in [0.2, 0.25) is 0 Å². The SMILES string of the molecule is Cc1cc(/C(N)=N/O)ccc1CNC1CCCCC1. The maximum Gasteiger partial charge on any atom is 0.170 e. The summed E-state index contributed by atoms with van der Waals surface area (Å²) >= 11 is 0. The Labute approximate surface area is 114 Å². The predicted octanol–water partition coefficient (Wildman–Crippen LogP) is 2.51. The average Bonchev–Trinajstić information content (AvgIpc) is 2.46. The molecular weight excluding hydrogens is 238 g/mol. The van der Waals surface area contributed by atoms with Crippen LogP contribution < -0.4 is 11.1 Å². The monoisotopic (exact) mass is 261 g/mol. The van der Waals surface area contributed by atoms with Crippen LogP contribution in [0.4, 0.5) is 0 Å². The number of nitrogens with two attached hydrogens (primary N) is 1. The molecule has 0 heterocycles. The molecule has 1 aliphatic rings. The van der Waals surface area contributed by atoms with Crippen molar-refractivity contribution in [3.8, 4) is 0 Å². The van der Waals surface area contributed by atoms with Crippen molar-refractivity contribution < 1.29 is 5.21 Å². The van der Waals surface area contributed by atoms with Crippen molar-refractivity contribution in [2.75, 3.05) is 0 Å². The summed E-state index contributed by atoms with van der Waals surface area (Å²) in [6.07, 6.45) is 6.66. The zero-order chi connectivity index (χ0) is 13.7. The fourth-order valence-corrected chi connectivity index (χ4v) is 2.67. The van der Waals surface area contributed by atoms with Crippen LogP contribution in [0.2, 0.25) is 0 Å². The minimum absolute atomic E-state index is 0.162. The van der Waals surface area contributed by atoms with Gasteiger partial charge in [-0.05, 0) is 37.0 Å². The lowest BCUT2D eigenvalue weighted by Gasteiger charge is -2.23. The fraction of sp³-hybridized carbons (Fsp3) is 0.533. The fourth-order valence-electron chi connectivity index (χ4n) is 2.67. The van der Waals surface area contributed by atoms with Crippen LogP contribution in [0.3, 0.4) is 0 Å². The van der Waals surface area contributed by atoms with Crippen LogP contribution in [0.5, 0.6) is 0 Å². The van der Waals surface area contributed by atoms with Crippen LogP contribution in [0, 0.1) is 6.92 Å². The van der Waals surface area contributed by atoms with Gasteiger partial charge in [-0.15, -0.1) is 0 Å². The van der Waals surface area contributed by atoms with Crippen molar-refractivity contribution in [3.63, 3.8) is 0 Å². The van der Waals surface area contributed by atoms with Crippen molar-refractivity contribution >= 4 is 5.84 Å². The van der Waals surface area contributed by atoms with Crippen molar-refractivity contribution in [1.29, 1.82) is 0 Å². The van der Waals surface area contributed by atoms with E-state index in [-0.39, 0.29) is 5.84 Å². The molecule has 4 N–H and O–H groups in total.